The normalized spacial score (nSPS) is 10.8. The Bertz CT molecular complexity index is 1470. The lowest BCUT2D eigenvalue weighted by atomic mass is 9.90. The van der Waals surface area contributed by atoms with Crippen LogP contribution < -0.4 is 20.2 Å². The van der Waals surface area contributed by atoms with Crippen LogP contribution in [0.2, 0.25) is 0 Å². The summed E-state index contributed by atoms with van der Waals surface area (Å²) in [6.45, 7) is -0.250. The van der Waals surface area contributed by atoms with Crippen molar-refractivity contribution >= 4 is 39.9 Å². The Morgan fingerprint density at radius 3 is 2.10 bits per heavy atom. The van der Waals surface area contributed by atoms with Gasteiger partial charge in [-0.3, -0.25) is 9.59 Å². The number of carbonyl (C=O) groups excluding carboxylic acids is 3. The minimum absolute atomic E-state index is 0.235. The Morgan fingerprint density at radius 2 is 1.48 bits per heavy atom. The van der Waals surface area contributed by atoms with Crippen molar-refractivity contribution < 1.29 is 23.9 Å². The van der Waals surface area contributed by atoms with E-state index in [1.54, 1.807) is 42.5 Å². The molecule has 0 atom stereocenters. The van der Waals surface area contributed by atoms with Crippen LogP contribution in [0.25, 0.3) is 0 Å². The minimum Gasteiger partial charge on any atom is -0.493 e. The SMILES string of the molecule is COc1cc(/C=N/NC(=O)CNC(=O)C(c2ccccc2)c2ccccc2)ccc1OC(=O)c1ccccc1Br. The van der Waals surface area contributed by atoms with Crippen molar-refractivity contribution in [3.05, 3.63) is 130 Å². The van der Waals surface area contributed by atoms with Crippen molar-refractivity contribution in [1.82, 2.24) is 10.7 Å². The summed E-state index contributed by atoms with van der Waals surface area (Å²) in [4.78, 5) is 38.0. The molecule has 0 saturated heterocycles. The lowest BCUT2D eigenvalue weighted by molar-refractivity contribution is -0.126. The van der Waals surface area contributed by atoms with Crippen LogP contribution >= 0.6 is 15.9 Å². The molecule has 2 amide bonds. The van der Waals surface area contributed by atoms with E-state index < -0.39 is 17.8 Å². The second-order valence-electron chi connectivity index (χ2n) is 8.55. The van der Waals surface area contributed by atoms with Gasteiger partial charge in [0.25, 0.3) is 5.91 Å². The smallest absolute Gasteiger partial charge is 0.344 e. The zero-order valence-corrected chi connectivity index (χ0v) is 23.1. The summed E-state index contributed by atoms with van der Waals surface area (Å²) in [6, 6.07) is 30.5. The van der Waals surface area contributed by atoms with Crippen LogP contribution in [0.15, 0.2) is 113 Å². The Kier molecular flexibility index (Phi) is 9.79. The Balaban J connectivity index is 1.34. The van der Waals surface area contributed by atoms with Crippen LogP contribution in [0.5, 0.6) is 11.5 Å². The van der Waals surface area contributed by atoms with Crippen LogP contribution in [0, 0.1) is 0 Å². The Morgan fingerprint density at radius 1 is 0.850 bits per heavy atom. The second kappa shape index (κ2) is 13.9. The maximum atomic E-state index is 13.1. The maximum absolute atomic E-state index is 13.1. The summed E-state index contributed by atoms with van der Waals surface area (Å²) in [7, 11) is 1.45. The molecule has 202 valence electrons. The molecule has 40 heavy (non-hydrogen) atoms. The van der Waals surface area contributed by atoms with Crippen LogP contribution in [-0.4, -0.2) is 37.7 Å². The van der Waals surface area contributed by atoms with E-state index in [1.165, 1.54) is 13.3 Å². The van der Waals surface area contributed by atoms with Crippen LogP contribution in [0.4, 0.5) is 0 Å². The van der Waals surface area contributed by atoms with E-state index >= 15 is 0 Å². The molecular weight excluding hydrogens is 574 g/mol. The van der Waals surface area contributed by atoms with Crippen LogP contribution in [0.3, 0.4) is 0 Å². The maximum Gasteiger partial charge on any atom is 0.344 e. The number of rotatable bonds is 10. The lowest BCUT2D eigenvalue weighted by Gasteiger charge is -2.17. The predicted octanol–water partition coefficient (Wildman–Crippen LogP) is 5.08. The van der Waals surface area contributed by atoms with Gasteiger partial charge < -0.3 is 14.8 Å². The number of hydrogen-bond acceptors (Lipinski definition) is 6. The summed E-state index contributed by atoms with van der Waals surface area (Å²) >= 11 is 3.34. The summed E-state index contributed by atoms with van der Waals surface area (Å²) < 4.78 is 11.5. The summed E-state index contributed by atoms with van der Waals surface area (Å²) in [6.07, 6.45) is 1.42. The van der Waals surface area contributed by atoms with Gasteiger partial charge in [-0.05, 0) is 63.0 Å². The third-order valence-corrected chi connectivity index (χ3v) is 6.53. The molecule has 0 aromatic heterocycles. The van der Waals surface area contributed by atoms with Crippen molar-refractivity contribution in [2.24, 2.45) is 5.10 Å². The first-order valence-electron chi connectivity index (χ1n) is 12.3. The topological polar surface area (TPSA) is 106 Å². The number of halogens is 1. The molecule has 0 aliphatic rings. The highest BCUT2D eigenvalue weighted by molar-refractivity contribution is 9.10. The molecule has 0 heterocycles. The van der Waals surface area contributed by atoms with Gasteiger partial charge in [0, 0.05) is 4.47 Å². The predicted molar refractivity (Wildman–Crippen MR) is 156 cm³/mol. The molecular formula is C31H26BrN3O5. The fourth-order valence-electron chi connectivity index (χ4n) is 3.90. The molecule has 4 aromatic rings. The highest BCUT2D eigenvalue weighted by Crippen LogP contribution is 2.29. The van der Waals surface area contributed by atoms with Gasteiger partial charge in [-0.2, -0.15) is 5.10 Å². The molecule has 9 heteroatoms. The zero-order valence-electron chi connectivity index (χ0n) is 21.5. The Hall–Kier alpha value is -4.76. The van der Waals surface area contributed by atoms with E-state index in [4.69, 9.17) is 9.47 Å². The summed E-state index contributed by atoms with van der Waals surface area (Å²) in [5.41, 5.74) is 5.02. The molecule has 2 N–H and O–H groups in total. The molecule has 0 radical (unpaired) electrons. The monoisotopic (exact) mass is 599 g/mol. The summed E-state index contributed by atoms with van der Waals surface area (Å²) in [5, 5.41) is 6.65. The molecule has 0 bridgehead atoms. The number of benzene rings is 4. The van der Waals surface area contributed by atoms with Gasteiger partial charge in [-0.1, -0.05) is 72.8 Å². The number of nitrogens with zero attached hydrogens (tertiary/aromatic N) is 1. The van der Waals surface area contributed by atoms with Gasteiger partial charge in [0.15, 0.2) is 11.5 Å². The van der Waals surface area contributed by atoms with Gasteiger partial charge in [0.1, 0.15) is 0 Å². The van der Waals surface area contributed by atoms with E-state index in [-0.39, 0.29) is 18.2 Å². The molecule has 8 nitrogen and oxygen atoms in total. The minimum atomic E-state index is -0.554. The number of hydrazone groups is 1. The van der Waals surface area contributed by atoms with Gasteiger partial charge in [-0.25, -0.2) is 10.2 Å². The first-order valence-corrected chi connectivity index (χ1v) is 13.1. The average molecular weight is 600 g/mol. The highest BCUT2D eigenvalue weighted by atomic mass is 79.9. The first kappa shape index (κ1) is 28.3. The van der Waals surface area contributed by atoms with E-state index in [1.807, 2.05) is 60.7 Å². The lowest BCUT2D eigenvalue weighted by Crippen LogP contribution is -2.37. The van der Waals surface area contributed by atoms with E-state index in [2.05, 4.69) is 31.8 Å². The van der Waals surface area contributed by atoms with E-state index in [9.17, 15) is 14.4 Å². The van der Waals surface area contributed by atoms with Gasteiger partial charge in [0.2, 0.25) is 5.91 Å². The Labute approximate surface area is 240 Å². The van der Waals surface area contributed by atoms with Crippen molar-refractivity contribution in [1.29, 1.82) is 0 Å². The molecule has 0 spiro atoms. The number of hydrogen-bond donors (Lipinski definition) is 2. The molecule has 0 aliphatic carbocycles. The number of esters is 1. The summed E-state index contributed by atoms with van der Waals surface area (Å²) in [5.74, 6) is -1.33. The van der Waals surface area contributed by atoms with Crippen molar-refractivity contribution in [3.63, 3.8) is 0 Å². The fourth-order valence-corrected chi connectivity index (χ4v) is 4.35. The number of ether oxygens (including phenoxy) is 2. The number of carbonyl (C=O) groups is 3. The van der Waals surface area contributed by atoms with Crippen LogP contribution in [0.1, 0.15) is 33.0 Å². The fraction of sp³-hybridized carbons (Fsp3) is 0.0968. The number of amides is 2. The van der Waals surface area contributed by atoms with Gasteiger partial charge in [-0.15, -0.1) is 0 Å². The molecule has 4 rings (SSSR count). The quantitative estimate of drug-likeness (QED) is 0.114. The van der Waals surface area contributed by atoms with Gasteiger partial charge in [0.05, 0.1) is 31.4 Å². The average Bonchev–Trinajstić information content (AvgIpc) is 2.98. The van der Waals surface area contributed by atoms with Gasteiger partial charge >= 0.3 is 5.97 Å². The second-order valence-corrected chi connectivity index (χ2v) is 9.40. The standard InChI is InChI=1S/C31H26BrN3O5/c1-39-27-18-21(16-17-26(27)40-31(38)24-14-8-9-15-25(24)32)19-34-35-28(36)20-33-30(37)29(22-10-4-2-5-11-22)23-12-6-3-7-13-23/h2-19,29H,20H2,1H3,(H,33,37)(H,35,36)/b34-19+. The van der Waals surface area contributed by atoms with E-state index in [0.717, 1.165) is 11.1 Å². The number of methoxy groups -OCH3 is 1. The third kappa shape index (κ3) is 7.42. The largest absolute Gasteiger partial charge is 0.493 e. The number of nitrogens with one attached hydrogen (secondary N) is 2. The van der Waals surface area contributed by atoms with Crippen molar-refractivity contribution in [3.8, 4) is 11.5 Å². The molecule has 4 aromatic carbocycles. The first-order chi connectivity index (χ1) is 19.5. The van der Waals surface area contributed by atoms with Crippen LogP contribution in [-0.2, 0) is 9.59 Å². The third-order valence-electron chi connectivity index (χ3n) is 5.84. The zero-order chi connectivity index (χ0) is 28.3. The van der Waals surface area contributed by atoms with Crippen molar-refractivity contribution in [2.75, 3.05) is 13.7 Å². The molecule has 0 aliphatic heterocycles. The van der Waals surface area contributed by atoms with Crippen molar-refractivity contribution in [2.45, 2.75) is 5.92 Å². The molecule has 0 saturated carbocycles. The van der Waals surface area contributed by atoms with E-state index in [0.29, 0.717) is 21.3 Å². The molecule has 0 fully saturated rings. The highest BCUT2D eigenvalue weighted by Gasteiger charge is 2.22. The molecule has 0 unspecified atom stereocenters.